The van der Waals surface area contributed by atoms with E-state index in [1.807, 2.05) is 0 Å². The van der Waals surface area contributed by atoms with Gasteiger partial charge in [-0.2, -0.15) is 9.98 Å². The minimum absolute atomic E-state index is 0.252. The third-order valence-corrected chi connectivity index (χ3v) is 10.3. The molecule has 4 heterocycles. The highest BCUT2D eigenvalue weighted by atomic mass is 35.5. The number of hydrogen-bond donors (Lipinski definition) is 6. The number of thioether (sulfide) groups is 1. The van der Waals surface area contributed by atoms with Gasteiger partial charge in [0.1, 0.15) is 10.9 Å². The van der Waals surface area contributed by atoms with Crippen molar-refractivity contribution in [3.63, 3.8) is 0 Å². The Morgan fingerprint density at radius 1 is 1.17 bits per heavy atom. The van der Waals surface area contributed by atoms with Crippen LogP contribution in [0.3, 0.4) is 0 Å². The number of amides is 1. The maximum Gasteiger partial charge on any atom is 0.270 e. The van der Waals surface area contributed by atoms with Crippen molar-refractivity contribution >= 4 is 40.9 Å². The number of hydrazine groups is 1. The number of aromatic nitrogens is 2. The lowest BCUT2D eigenvalue weighted by Crippen LogP contribution is -2.55. The van der Waals surface area contributed by atoms with Gasteiger partial charge in [-0.15, -0.1) is 0 Å². The number of hydrogen-bond acceptors (Lipinski definition) is 11. The van der Waals surface area contributed by atoms with Crippen LogP contribution >= 0.6 is 23.4 Å². The third-order valence-electron chi connectivity index (χ3n) is 8.69. The molecule has 2 aromatic rings. The lowest BCUT2D eigenvalue weighted by Gasteiger charge is -2.43. The molecule has 2 fully saturated rings. The van der Waals surface area contributed by atoms with Crippen LogP contribution in [0, 0.1) is 5.41 Å². The first-order valence-corrected chi connectivity index (χ1v) is 15.2. The Balaban J connectivity index is 1.15. The molecule has 1 saturated heterocycles. The van der Waals surface area contributed by atoms with Gasteiger partial charge in [-0.3, -0.25) is 25.0 Å². The average molecular weight is 600 g/mol. The highest BCUT2D eigenvalue weighted by Crippen LogP contribution is 2.45. The van der Waals surface area contributed by atoms with E-state index in [4.69, 9.17) is 23.1 Å². The number of piperidine rings is 1. The van der Waals surface area contributed by atoms with Crippen molar-refractivity contribution in [2.75, 3.05) is 18.4 Å². The Morgan fingerprint density at radius 3 is 2.71 bits per heavy atom. The molecule has 0 unspecified atom stereocenters. The van der Waals surface area contributed by atoms with Crippen molar-refractivity contribution in [2.24, 2.45) is 21.9 Å². The molecule has 1 amide bonds. The van der Waals surface area contributed by atoms with Gasteiger partial charge < -0.3 is 26.8 Å². The Labute approximate surface area is 246 Å². The molecule has 1 atom stereocenters. The fourth-order valence-corrected chi connectivity index (χ4v) is 7.40. The number of fused-ring (bicyclic) bond motifs is 1. The maximum absolute atomic E-state index is 13.1. The monoisotopic (exact) mass is 599 g/mol. The van der Waals surface area contributed by atoms with Gasteiger partial charge in [-0.25, -0.2) is 0 Å². The molecule has 1 aromatic heterocycles. The molecular formula is C27H34ClN9O3S. The SMILES string of the molecule is NC1=C(Sc2cccc(NC(=O)c3c(O)nc4n(c3=O)CCCC4)c2Cl)NNC(N2CCC3(CCC[C@H]3N)CC2)=N1. The minimum Gasteiger partial charge on any atom is -0.493 e. The topological polar surface area (TPSA) is 176 Å². The molecule has 14 heteroatoms. The minimum atomic E-state index is -0.780. The van der Waals surface area contributed by atoms with Gasteiger partial charge in [0, 0.05) is 37.0 Å². The first kappa shape index (κ1) is 27.7. The molecule has 0 bridgehead atoms. The number of aliphatic imine (C=N–C) groups is 1. The summed E-state index contributed by atoms with van der Waals surface area (Å²) in [7, 11) is 0. The molecule has 1 aromatic carbocycles. The molecule has 218 valence electrons. The van der Waals surface area contributed by atoms with Crippen LogP contribution < -0.4 is 33.2 Å². The number of carbonyl (C=O) groups is 1. The van der Waals surface area contributed by atoms with Gasteiger partial charge in [-0.05, 0) is 56.1 Å². The van der Waals surface area contributed by atoms with Crippen LogP contribution in [0.1, 0.15) is 61.1 Å². The number of carbonyl (C=O) groups excluding carboxylic acids is 1. The molecule has 1 aliphatic carbocycles. The number of anilines is 1. The van der Waals surface area contributed by atoms with E-state index in [1.54, 1.807) is 18.2 Å². The van der Waals surface area contributed by atoms with Gasteiger partial charge >= 0.3 is 0 Å². The number of nitrogens with two attached hydrogens (primary N) is 2. The van der Waals surface area contributed by atoms with Crippen molar-refractivity contribution in [3.05, 3.63) is 55.8 Å². The average Bonchev–Trinajstić information content (AvgIpc) is 3.31. The Bertz CT molecular complexity index is 1500. The van der Waals surface area contributed by atoms with Crippen molar-refractivity contribution in [3.8, 4) is 5.88 Å². The zero-order valence-corrected chi connectivity index (χ0v) is 24.2. The largest absolute Gasteiger partial charge is 0.493 e. The number of likely N-dealkylation sites (tertiary alicyclic amines) is 1. The molecule has 41 heavy (non-hydrogen) atoms. The summed E-state index contributed by atoms with van der Waals surface area (Å²) >= 11 is 7.91. The molecule has 4 aliphatic rings. The predicted octanol–water partition coefficient (Wildman–Crippen LogP) is 2.43. The highest BCUT2D eigenvalue weighted by molar-refractivity contribution is 8.03. The highest BCUT2D eigenvalue weighted by Gasteiger charge is 2.43. The van der Waals surface area contributed by atoms with Crippen molar-refractivity contribution in [2.45, 2.75) is 68.8 Å². The van der Waals surface area contributed by atoms with Crippen LogP contribution in [0.25, 0.3) is 0 Å². The van der Waals surface area contributed by atoms with Crippen molar-refractivity contribution in [1.29, 1.82) is 0 Å². The first-order valence-electron chi connectivity index (χ1n) is 14.0. The number of nitrogens with one attached hydrogen (secondary N) is 3. The van der Waals surface area contributed by atoms with E-state index in [0.717, 1.165) is 45.2 Å². The summed E-state index contributed by atoms with van der Waals surface area (Å²) in [4.78, 5) is 37.5. The molecule has 12 nitrogen and oxygen atoms in total. The van der Waals surface area contributed by atoms with Crippen molar-refractivity contribution < 1.29 is 9.90 Å². The van der Waals surface area contributed by atoms with Gasteiger partial charge in [0.15, 0.2) is 11.4 Å². The summed E-state index contributed by atoms with van der Waals surface area (Å²) < 4.78 is 1.45. The maximum atomic E-state index is 13.1. The predicted molar refractivity (Wildman–Crippen MR) is 158 cm³/mol. The van der Waals surface area contributed by atoms with Gasteiger partial charge in [-0.1, -0.05) is 35.9 Å². The molecule has 1 saturated carbocycles. The summed E-state index contributed by atoms with van der Waals surface area (Å²) in [5, 5.41) is 13.8. The van der Waals surface area contributed by atoms with E-state index >= 15 is 0 Å². The third kappa shape index (κ3) is 5.22. The number of aryl methyl sites for hydroxylation is 1. The van der Waals surface area contributed by atoms with E-state index in [1.165, 1.54) is 29.2 Å². The van der Waals surface area contributed by atoms with E-state index in [2.05, 4.69) is 31.0 Å². The molecular weight excluding hydrogens is 566 g/mol. The normalized spacial score (nSPS) is 21.7. The van der Waals surface area contributed by atoms with Crippen LogP contribution in [-0.2, 0) is 13.0 Å². The number of rotatable bonds is 4. The summed E-state index contributed by atoms with van der Waals surface area (Å²) in [6, 6.07) is 5.40. The summed E-state index contributed by atoms with van der Waals surface area (Å²) in [5.41, 5.74) is 18.6. The fraction of sp³-hybridized carbons (Fsp3) is 0.481. The Morgan fingerprint density at radius 2 is 1.98 bits per heavy atom. The second-order valence-electron chi connectivity index (χ2n) is 11.1. The summed E-state index contributed by atoms with van der Waals surface area (Å²) in [5.74, 6) is 0.105. The standard InChI is InChI=1S/C27H34ClN9O3S/c28-20-15(31-22(38)19-23(39)32-18-8-1-2-12-37(18)25(19)40)5-3-6-16(20)41-24-21(30)33-26(35-34-24)36-13-10-27(11-14-36)9-4-7-17(27)29/h3,5-6,17,34,39H,1-2,4,7-14,29-30H2,(H,31,38)(H,33,35)/t17-/m1/s1. The summed E-state index contributed by atoms with van der Waals surface area (Å²) in [6.07, 6.45) is 7.87. The zero-order valence-electron chi connectivity index (χ0n) is 22.6. The van der Waals surface area contributed by atoms with E-state index in [9.17, 15) is 14.7 Å². The van der Waals surface area contributed by atoms with Gasteiger partial charge in [0.2, 0.25) is 11.8 Å². The second kappa shape index (κ2) is 11.1. The lowest BCUT2D eigenvalue weighted by molar-refractivity contribution is 0.102. The van der Waals surface area contributed by atoms with Crippen LogP contribution in [0.4, 0.5) is 5.69 Å². The van der Waals surface area contributed by atoms with Crippen LogP contribution in [0.5, 0.6) is 5.88 Å². The first-order chi connectivity index (χ1) is 19.8. The lowest BCUT2D eigenvalue weighted by atomic mass is 9.74. The molecule has 3 aliphatic heterocycles. The van der Waals surface area contributed by atoms with E-state index < -0.39 is 22.9 Å². The number of halogens is 1. The van der Waals surface area contributed by atoms with Gasteiger partial charge in [0.05, 0.1) is 10.7 Å². The Hall–Kier alpha value is -3.42. The number of aromatic hydroxyl groups is 1. The van der Waals surface area contributed by atoms with Crippen molar-refractivity contribution in [1.82, 2.24) is 25.3 Å². The Kier molecular flexibility index (Phi) is 7.51. The quantitative estimate of drug-likeness (QED) is 0.306. The van der Waals surface area contributed by atoms with Crippen LogP contribution in [0.2, 0.25) is 5.02 Å². The fourth-order valence-electron chi connectivity index (χ4n) is 6.29. The zero-order chi connectivity index (χ0) is 28.7. The summed E-state index contributed by atoms with van der Waals surface area (Å²) in [6.45, 7) is 2.19. The smallest absolute Gasteiger partial charge is 0.270 e. The van der Waals surface area contributed by atoms with Crippen LogP contribution in [-0.4, -0.2) is 50.6 Å². The molecule has 8 N–H and O–H groups in total. The van der Waals surface area contributed by atoms with E-state index in [0.29, 0.717) is 40.5 Å². The number of nitrogens with zero attached hydrogens (tertiary/aromatic N) is 4. The van der Waals surface area contributed by atoms with E-state index in [-0.39, 0.29) is 22.2 Å². The molecule has 1 spiro atoms. The number of guanidine groups is 1. The second-order valence-corrected chi connectivity index (χ2v) is 12.5. The number of benzene rings is 1. The molecule has 6 rings (SSSR count). The molecule has 0 radical (unpaired) electrons. The van der Waals surface area contributed by atoms with Gasteiger partial charge in [0.25, 0.3) is 11.5 Å². The van der Waals surface area contributed by atoms with Crippen LogP contribution in [0.15, 0.2) is 43.7 Å².